The van der Waals surface area contributed by atoms with Crippen molar-refractivity contribution in [2.45, 2.75) is 102 Å². The summed E-state index contributed by atoms with van der Waals surface area (Å²) in [6.45, 7) is 14.8. The van der Waals surface area contributed by atoms with Crippen LogP contribution in [-0.4, -0.2) is 115 Å². The van der Waals surface area contributed by atoms with E-state index in [1.54, 1.807) is 0 Å². The van der Waals surface area contributed by atoms with Crippen molar-refractivity contribution in [2.75, 3.05) is 75.9 Å². The summed E-state index contributed by atoms with van der Waals surface area (Å²) >= 11 is 0. The molecule has 1 amide bonds. The van der Waals surface area contributed by atoms with Gasteiger partial charge >= 0.3 is 6.09 Å². The van der Waals surface area contributed by atoms with Gasteiger partial charge in [0.2, 0.25) is 11.6 Å². The Morgan fingerprint density at radius 1 is 0.935 bits per heavy atom. The lowest BCUT2D eigenvalue weighted by molar-refractivity contribution is -0.231. The lowest BCUT2D eigenvalue weighted by Gasteiger charge is -2.50. The number of rotatable bonds is 3. The van der Waals surface area contributed by atoms with E-state index < -0.39 is 11.4 Å². The summed E-state index contributed by atoms with van der Waals surface area (Å²) in [5.74, 6) is 2.38. The van der Waals surface area contributed by atoms with E-state index in [1.165, 1.54) is 0 Å². The van der Waals surface area contributed by atoms with Crippen molar-refractivity contribution < 1.29 is 23.5 Å². The maximum absolute atomic E-state index is 13.0. The average molecular weight is 638 g/mol. The third kappa shape index (κ3) is 5.74. The van der Waals surface area contributed by atoms with Gasteiger partial charge < -0.3 is 38.3 Å². The highest BCUT2D eigenvalue weighted by molar-refractivity contribution is 5.69. The Hall–Kier alpha value is -2.96. The second kappa shape index (κ2) is 12.2. The van der Waals surface area contributed by atoms with E-state index in [-0.39, 0.29) is 17.6 Å². The summed E-state index contributed by atoms with van der Waals surface area (Å²) < 4.78 is 24.9. The Morgan fingerprint density at radius 2 is 1.65 bits per heavy atom. The Balaban J connectivity index is 1.25. The van der Waals surface area contributed by atoms with Gasteiger partial charge in [-0.15, -0.1) is 0 Å². The van der Waals surface area contributed by atoms with Gasteiger partial charge in [-0.25, -0.2) is 14.8 Å². The molecule has 46 heavy (non-hydrogen) atoms. The van der Waals surface area contributed by atoms with Crippen LogP contribution >= 0.6 is 0 Å². The van der Waals surface area contributed by atoms with Crippen LogP contribution in [0.4, 0.5) is 16.4 Å². The first-order valence-corrected chi connectivity index (χ1v) is 17.4. The van der Waals surface area contributed by atoms with Crippen LogP contribution in [0.5, 0.6) is 0 Å². The molecule has 12 heteroatoms. The van der Waals surface area contributed by atoms with E-state index in [4.69, 9.17) is 33.9 Å². The molecule has 2 spiro atoms. The number of carbonyl (C=O) groups excluding carboxylic acids is 1. The van der Waals surface area contributed by atoms with Crippen LogP contribution in [-0.2, 0) is 26.0 Å². The molecule has 3 aliphatic heterocycles. The number of nitrogens with zero attached hydrogens (tertiary/aromatic N) is 7. The zero-order chi connectivity index (χ0) is 32.1. The zero-order valence-corrected chi connectivity index (χ0v) is 28.3. The fourth-order valence-corrected chi connectivity index (χ4v) is 8.34. The number of piperazine rings is 1. The molecule has 2 aliphatic carbocycles. The first-order valence-electron chi connectivity index (χ1n) is 17.4. The molecule has 0 aromatic carbocycles. The molecule has 12 nitrogen and oxygen atoms in total. The Kier molecular flexibility index (Phi) is 8.42. The van der Waals surface area contributed by atoms with Crippen LogP contribution in [0.1, 0.15) is 83.9 Å². The van der Waals surface area contributed by atoms with Crippen LogP contribution < -0.4 is 9.80 Å². The molecular formula is C34H51N7O5. The molecule has 0 bridgehead atoms. The van der Waals surface area contributed by atoms with E-state index in [2.05, 4.69) is 34.7 Å². The zero-order valence-electron chi connectivity index (χ0n) is 28.3. The van der Waals surface area contributed by atoms with E-state index in [0.717, 1.165) is 107 Å². The predicted molar refractivity (Wildman–Crippen MR) is 174 cm³/mol. The molecule has 2 aromatic rings. The smallest absolute Gasteiger partial charge is 0.410 e. The van der Waals surface area contributed by atoms with Gasteiger partial charge in [0.05, 0.1) is 24.3 Å². The van der Waals surface area contributed by atoms with E-state index in [9.17, 15) is 4.79 Å². The van der Waals surface area contributed by atoms with Crippen LogP contribution in [0.2, 0.25) is 0 Å². The van der Waals surface area contributed by atoms with Crippen LogP contribution in [0, 0.1) is 0 Å². The van der Waals surface area contributed by atoms with Gasteiger partial charge in [0.15, 0.2) is 5.79 Å². The molecule has 0 N–H and O–H groups in total. The molecule has 5 aliphatic rings. The summed E-state index contributed by atoms with van der Waals surface area (Å²) in [5, 5.41) is 4.80. The van der Waals surface area contributed by atoms with Gasteiger partial charge in [-0.2, -0.15) is 0 Å². The number of carbonyl (C=O) groups is 1. The van der Waals surface area contributed by atoms with Crippen molar-refractivity contribution in [3.63, 3.8) is 0 Å². The van der Waals surface area contributed by atoms with Crippen molar-refractivity contribution in [2.24, 2.45) is 0 Å². The quantitative estimate of drug-likeness (QED) is 0.471. The molecule has 5 heterocycles. The minimum Gasteiger partial charge on any atom is -0.444 e. The highest BCUT2D eigenvalue weighted by Gasteiger charge is 2.61. The summed E-state index contributed by atoms with van der Waals surface area (Å²) in [6.07, 6.45) is 7.52. The number of ether oxygens (including phenoxy) is 3. The van der Waals surface area contributed by atoms with Crippen molar-refractivity contribution in [3.8, 4) is 11.6 Å². The molecule has 3 saturated heterocycles. The van der Waals surface area contributed by atoms with Crippen molar-refractivity contribution in [1.29, 1.82) is 0 Å². The lowest BCUT2D eigenvalue weighted by atomic mass is 9.61. The van der Waals surface area contributed by atoms with Gasteiger partial charge in [0.1, 0.15) is 17.2 Å². The normalized spacial score (nSPS) is 27.2. The molecule has 0 unspecified atom stereocenters. The van der Waals surface area contributed by atoms with Crippen molar-refractivity contribution in [1.82, 2.24) is 24.9 Å². The van der Waals surface area contributed by atoms with E-state index in [1.807, 2.05) is 25.7 Å². The van der Waals surface area contributed by atoms with Crippen LogP contribution in [0.15, 0.2) is 10.6 Å². The molecule has 2 atom stereocenters. The number of hydrogen-bond donors (Lipinski definition) is 0. The Labute approximate surface area is 272 Å². The number of aromatic nitrogens is 3. The summed E-state index contributed by atoms with van der Waals surface area (Å²) in [6, 6.07) is 2.15. The first-order chi connectivity index (χ1) is 22.1. The summed E-state index contributed by atoms with van der Waals surface area (Å²) in [5.41, 5.74) is 1.25. The number of amides is 1. The van der Waals surface area contributed by atoms with Gasteiger partial charge in [0, 0.05) is 69.9 Å². The van der Waals surface area contributed by atoms with Crippen LogP contribution in [0.25, 0.3) is 11.6 Å². The third-order valence-electron chi connectivity index (χ3n) is 10.6. The summed E-state index contributed by atoms with van der Waals surface area (Å²) in [7, 11) is 2.16. The average Bonchev–Trinajstić information content (AvgIpc) is 3.63. The second-order valence-corrected chi connectivity index (χ2v) is 15.0. The van der Waals surface area contributed by atoms with Crippen molar-refractivity contribution in [3.05, 3.63) is 17.3 Å². The van der Waals surface area contributed by atoms with Crippen LogP contribution in [0.3, 0.4) is 0 Å². The van der Waals surface area contributed by atoms with Gasteiger partial charge in [0.25, 0.3) is 0 Å². The lowest BCUT2D eigenvalue weighted by Crippen LogP contribution is -2.56. The minimum absolute atomic E-state index is 0.0313. The van der Waals surface area contributed by atoms with E-state index >= 15 is 0 Å². The maximum Gasteiger partial charge on any atom is 0.410 e. The number of likely N-dealkylation sites (N-methyl/N-ethyl adjacent to an activating group) is 1. The second-order valence-electron chi connectivity index (χ2n) is 15.0. The largest absolute Gasteiger partial charge is 0.444 e. The predicted octanol–water partition coefficient (Wildman–Crippen LogP) is 4.61. The van der Waals surface area contributed by atoms with E-state index in [0.29, 0.717) is 37.9 Å². The maximum atomic E-state index is 13.0. The highest BCUT2D eigenvalue weighted by atomic mass is 16.7. The molecule has 4 fully saturated rings. The summed E-state index contributed by atoms with van der Waals surface area (Å²) in [4.78, 5) is 32.2. The number of hydrogen-bond acceptors (Lipinski definition) is 11. The fourth-order valence-electron chi connectivity index (χ4n) is 8.34. The topological polar surface area (TPSA) is 110 Å². The highest BCUT2D eigenvalue weighted by Crippen LogP contribution is 2.56. The molecule has 2 aromatic heterocycles. The minimum atomic E-state index is -0.621. The third-order valence-corrected chi connectivity index (χ3v) is 10.6. The standard InChI is InChI=1S/C34H51N7O5/c1-24-23-40(31(42)45-32(2,3)4)14-9-15-41(24)27-22-26(39-18-16-38(5)17-19-39)35-30(36-27)28-25-10-8-12-33(29(25)37-46-28)11-6-7-13-34(33)43-20-21-44-34/h22,24H,6-21,23H2,1-5H3/t24-,33-/m0/s1. The SMILES string of the molecule is C[C@H]1CN(C(=O)OC(C)(C)C)CCCN1c1cc(N2CCN(C)CC2)nc(-c2onc3c2CCC[C@@]32CCCCC23OCCO3)n1. The number of fused-ring (bicyclic) bond motifs is 3. The molecule has 7 rings (SSSR count). The number of anilines is 2. The van der Waals surface area contributed by atoms with Gasteiger partial charge in [-0.1, -0.05) is 11.6 Å². The monoisotopic (exact) mass is 637 g/mol. The Bertz CT molecular complexity index is 1410. The molecule has 1 saturated carbocycles. The molecule has 0 radical (unpaired) electrons. The molecular weight excluding hydrogens is 586 g/mol. The first kappa shape index (κ1) is 31.6. The van der Waals surface area contributed by atoms with Gasteiger partial charge in [-0.3, -0.25) is 0 Å². The van der Waals surface area contributed by atoms with Crippen molar-refractivity contribution >= 4 is 17.7 Å². The molecule has 252 valence electrons. The Morgan fingerprint density at radius 3 is 2.41 bits per heavy atom. The fraction of sp³-hybridized carbons (Fsp3) is 0.765. The van der Waals surface area contributed by atoms with Gasteiger partial charge in [-0.05, 0) is 73.3 Å².